The first-order chi connectivity index (χ1) is 8.11. The molecule has 1 aromatic heterocycles. The van der Waals surface area contributed by atoms with Crippen LogP contribution in [0.4, 0.5) is 0 Å². The molecule has 94 valence electrons. The lowest BCUT2D eigenvalue weighted by Gasteiger charge is -2.15. The van der Waals surface area contributed by atoms with E-state index < -0.39 is 0 Å². The molecule has 0 saturated carbocycles. The molecule has 1 rings (SSSR count). The molecule has 0 aromatic carbocycles. The molecule has 1 unspecified atom stereocenters. The summed E-state index contributed by atoms with van der Waals surface area (Å²) in [6.07, 6.45) is 3.48. The Bertz CT molecular complexity index is 355. The number of aromatic nitrogens is 2. The molecule has 6 heteroatoms. The molecule has 5 nitrogen and oxygen atoms in total. The number of hydrogen-bond acceptors (Lipinski definition) is 4. The summed E-state index contributed by atoms with van der Waals surface area (Å²) in [5.41, 5.74) is 1.77. The van der Waals surface area contributed by atoms with Crippen LogP contribution in [0, 0.1) is 6.92 Å². The summed E-state index contributed by atoms with van der Waals surface area (Å²) in [4.78, 5) is 8.39. The highest BCUT2D eigenvalue weighted by molar-refractivity contribution is 7.80. The van der Waals surface area contributed by atoms with Crippen LogP contribution in [0.25, 0.3) is 0 Å². The van der Waals surface area contributed by atoms with Gasteiger partial charge < -0.3 is 15.4 Å². The fraction of sp³-hybridized carbons (Fsp3) is 0.545. The third kappa shape index (κ3) is 5.55. The molecule has 1 atom stereocenters. The summed E-state index contributed by atoms with van der Waals surface area (Å²) in [6, 6.07) is 0.184. The average Bonchev–Trinajstić information content (AvgIpc) is 2.28. The highest BCUT2D eigenvalue weighted by Gasteiger charge is 2.03. The van der Waals surface area contributed by atoms with Gasteiger partial charge in [-0.3, -0.25) is 9.97 Å². The van der Waals surface area contributed by atoms with Crippen LogP contribution in [0.15, 0.2) is 12.4 Å². The third-order valence-electron chi connectivity index (χ3n) is 2.06. The molecule has 0 aliphatic carbocycles. The van der Waals surface area contributed by atoms with Crippen molar-refractivity contribution in [2.45, 2.75) is 26.4 Å². The standard InChI is InChI=1S/C11H18N4OS/c1-8-4-13-10(5-12-8)6-14-11(17)15-9(2)7-16-3/h4-5,9H,6-7H2,1-3H3,(H2,14,15,17). The van der Waals surface area contributed by atoms with Gasteiger partial charge >= 0.3 is 0 Å². The smallest absolute Gasteiger partial charge is 0.166 e. The number of hydrogen-bond donors (Lipinski definition) is 2. The fourth-order valence-electron chi connectivity index (χ4n) is 1.25. The summed E-state index contributed by atoms with van der Waals surface area (Å²) < 4.78 is 5.01. The maximum absolute atomic E-state index is 5.14. The molecular formula is C11H18N4OS. The van der Waals surface area contributed by atoms with Crippen molar-refractivity contribution in [2.24, 2.45) is 0 Å². The number of methoxy groups -OCH3 is 1. The second-order valence-corrected chi connectivity index (χ2v) is 4.24. The Labute approximate surface area is 107 Å². The molecule has 1 aromatic rings. The van der Waals surface area contributed by atoms with Crippen LogP contribution in [0.1, 0.15) is 18.3 Å². The molecule has 0 aliphatic rings. The van der Waals surface area contributed by atoms with Gasteiger partial charge in [0.15, 0.2) is 5.11 Å². The number of rotatable bonds is 5. The van der Waals surface area contributed by atoms with Crippen molar-refractivity contribution in [3.05, 3.63) is 23.8 Å². The molecule has 17 heavy (non-hydrogen) atoms. The lowest BCUT2D eigenvalue weighted by atomic mass is 10.4. The van der Waals surface area contributed by atoms with Crippen LogP contribution < -0.4 is 10.6 Å². The van der Waals surface area contributed by atoms with Crippen molar-refractivity contribution in [1.82, 2.24) is 20.6 Å². The Morgan fingerprint density at radius 3 is 2.82 bits per heavy atom. The van der Waals surface area contributed by atoms with Gasteiger partial charge in [-0.1, -0.05) is 0 Å². The van der Waals surface area contributed by atoms with Crippen molar-refractivity contribution in [3.8, 4) is 0 Å². The average molecular weight is 254 g/mol. The van der Waals surface area contributed by atoms with Crippen LogP contribution in [0.3, 0.4) is 0 Å². The van der Waals surface area contributed by atoms with E-state index in [1.165, 1.54) is 0 Å². The topological polar surface area (TPSA) is 59.1 Å². The summed E-state index contributed by atoms with van der Waals surface area (Å²) in [7, 11) is 1.66. The zero-order valence-corrected chi connectivity index (χ0v) is 11.2. The normalized spacial score (nSPS) is 11.9. The SMILES string of the molecule is COCC(C)NC(=S)NCc1cnc(C)cn1. The summed E-state index contributed by atoms with van der Waals surface area (Å²) in [5.74, 6) is 0. The lowest BCUT2D eigenvalue weighted by molar-refractivity contribution is 0.179. The molecule has 0 saturated heterocycles. The number of nitrogens with zero attached hydrogens (tertiary/aromatic N) is 2. The predicted octanol–water partition coefficient (Wildman–Crippen LogP) is 0.784. The Morgan fingerprint density at radius 2 is 2.24 bits per heavy atom. The van der Waals surface area contributed by atoms with Gasteiger partial charge in [0.05, 0.1) is 30.7 Å². The molecular weight excluding hydrogens is 236 g/mol. The monoisotopic (exact) mass is 254 g/mol. The van der Waals surface area contributed by atoms with E-state index in [1.807, 2.05) is 13.8 Å². The summed E-state index contributed by atoms with van der Waals surface area (Å²) in [5, 5.41) is 6.77. The minimum absolute atomic E-state index is 0.184. The molecule has 0 bridgehead atoms. The van der Waals surface area contributed by atoms with Crippen LogP contribution in [0.2, 0.25) is 0 Å². The minimum atomic E-state index is 0.184. The van der Waals surface area contributed by atoms with E-state index in [0.29, 0.717) is 18.3 Å². The van der Waals surface area contributed by atoms with Crippen LogP contribution in [-0.2, 0) is 11.3 Å². The van der Waals surface area contributed by atoms with Gasteiger partial charge in [-0.25, -0.2) is 0 Å². The van der Waals surface area contributed by atoms with E-state index in [1.54, 1.807) is 19.5 Å². The fourth-order valence-corrected chi connectivity index (χ4v) is 1.52. The van der Waals surface area contributed by atoms with E-state index in [9.17, 15) is 0 Å². The number of nitrogens with one attached hydrogen (secondary N) is 2. The largest absolute Gasteiger partial charge is 0.383 e. The highest BCUT2D eigenvalue weighted by Crippen LogP contribution is 1.93. The van der Waals surface area contributed by atoms with Crippen LogP contribution >= 0.6 is 12.2 Å². The second kappa shape index (κ2) is 7.13. The van der Waals surface area contributed by atoms with Crippen molar-refractivity contribution >= 4 is 17.3 Å². The van der Waals surface area contributed by atoms with E-state index >= 15 is 0 Å². The number of thiocarbonyl (C=S) groups is 1. The van der Waals surface area contributed by atoms with Gasteiger partial charge in [-0.15, -0.1) is 0 Å². The first-order valence-corrected chi connectivity index (χ1v) is 5.83. The van der Waals surface area contributed by atoms with Crippen LogP contribution in [0.5, 0.6) is 0 Å². The second-order valence-electron chi connectivity index (χ2n) is 3.83. The highest BCUT2D eigenvalue weighted by atomic mass is 32.1. The molecule has 0 radical (unpaired) electrons. The minimum Gasteiger partial charge on any atom is -0.383 e. The zero-order chi connectivity index (χ0) is 12.7. The quantitative estimate of drug-likeness (QED) is 0.758. The van der Waals surface area contributed by atoms with Gasteiger partial charge in [0, 0.05) is 19.3 Å². The van der Waals surface area contributed by atoms with Gasteiger partial charge in [0.25, 0.3) is 0 Å². The first-order valence-electron chi connectivity index (χ1n) is 5.42. The van der Waals surface area contributed by atoms with Gasteiger partial charge in [-0.05, 0) is 26.1 Å². The predicted molar refractivity (Wildman–Crippen MR) is 70.7 cm³/mol. The Hall–Kier alpha value is -1.27. The van der Waals surface area contributed by atoms with E-state index in [2.05, 4.69) is 20.6 Å². The van der Waals surface area contributed by atoms with Gasteiger partial charge in [-0.2, -0.15) is 0 Å². The summed E-state index contributed by atoms with van der Waals surface area (Å²) >= 11 is 5.14. The van der Waals surface area contributed by atoms with Gasteiger partial charge in [0.2, 0.25) is 0 Å². The van der Waals surface area contributed by atoms with Crippen molar-refractivity contribution in [1.29, 1.82) is 0 Å². The molecule has 0 spiro atoms. The van der Waals surface area contributed by atoms with Gasteiger partial charge in [0.1, 0.15) is 0 Å². The molecule has 1 heterocycles. The van der Waals surface area contributed by atoms with Crippen molar-refractivity contribution in [3.63, 3.8) is 0 Å². The number of ether oxygens (including phenoxy) is 1. The maximum atomic E-state index is 5.14. The van der Waals surface area contributed by atoms with E-state index in [-0.39, 0.29) is 6.04 Å². The van der Waals surface area contributed by atoms with Crippen molar-refractivity contribution < 1.29 is 4.74 Å². The number of aryl methyl sites for hydroxylation is 1. The molecule has 0 aliphatic heterocycles. The van der Waals surface area contributed by atoms with E-state index in [0.717, 1.165) is 11.4 Å². The Balaban J connectivity index is 2.30. The van der Waals surface area contributed by atoms with Crippen LogP contribution in [-0.4, -0.2) is 34.8 Å². The molecule has 0 fully saturated rings. The Morgan fingerprint density at radius 1 is 1.47 bits per heavy atom. The third-order valence-corrected chi connectivity index (χ3v) is 2.32. The molecule has 0 amide bonds. The van der Waals surface area contributed by atoms with Crippen molar-refractivity contribution in [2.75, 3.05) is 13.7 Å². The summed E-state index contributed by atoms with van der Waals surface area (Å²) in [6.45, 7) is 5.09. The Kier molecular flexibility index (Phi) is 5.79. The zero-order valence-electron chi connectivity index (χ0n) is 10.4. The molecule has 2 N–H and O–H groups in total. The maximum Gasteiger partial charge on any atom is 0.166 e. The first kappa shape index (κ1) is 13.8. The van der Waals surface area contributed by atoms with E-state index in [4.69, 9.17) is 17.0 Å². The lowest BCUT2D eigenvalue weighted by Crippen LogP contribution is -2.42.